The van der Waals surface area contributed by atoms with Crippen molar-refractivity contribution in [3.63, 3.8) is 0 Å². The first-order valence-electron chi connectivity index (χ1n) is 6.67. The van der Waals surface area contributed by atoms with Gasteiger partial charge in [0.25, 0.3) is 0 Å². The van der Waals surface area contributed by atoms with E-state index in [9.17, 15) is 18.4 Å². The number of carboxylic acid groups (broad SMARTS) is 1. The van der Waals surface area contributed by atoms with Gasteiger partial charge in [-0.05, 0) is 19.4 Å². The molecule has 0 saturated heterocycles. The summed E-state index contributed by atoms with van der Waals surface area (Å²) in [7, 11) is 0. The second kappa shape index (κ2) is 10.1. The summed E-state index contributed by atoms with van der Waals surface area (Å²) in [6.45, 7) is 1.77. The predicted molar refractivity (Wildman–Crippen MR) is 83.5 cm³/mol. The first-order valence-corrected chi connectivity index (χ1v) is 10.1. The van der Waals surface area contributed by atoms with Crippen LogP contribution in [0.1, 0.15) is 26.2 Å². The molecule has 0 atom stereocenters. The number of hydrogen-bond acceptors (Lipinski definition) is 5. The minimum absolute atomic E-state index is 0.225. The summed E-state index contributed by atoms with van der Waals surface area (Å²) in [5, 5.41) is 19.6. The molecule has 0 heterocycles. The summed E-state index contributed by atoms with van der Waals surface area (Å²) in [6, 6.07) is 3.71. The Labute approximate surface area is 136 Å². The molecule has 7 N–H and O–H groups in total. The number of aromatic hydroxyl groups is 1. The molecular formula is C13H21AsN2O7. The van der Waals surface area contributed by atoms with Gasteiger partial charge >= 0.3 is 94.1 Å². The second-order valence-electron chi connectivity index (χ2n) is 4.54. The van der Waals surface area contributed by atoms with Crippen LogP contribution in [0, 0.1) is 0 Å². The number of nitrogens with one attached hydrogen (secondary N) is 1. The normalized spacial score (nSPS) is 10.4. The van der Waals surface area contributed by atoms with Gasteiger partial charge in [0.15, 0.2) is 0 Å². The quantitative estimate of drug-likeness (QED) is 0.206. The third-order valence-corrected chi connectivity index (χ3v) is 4.58. The molecule has 1 rings (SSSR count). The molecule has 9 nitrogen and oxygen atoms in total. The minimum atomic E-state index is -5.14. The number of anilines is 1. The van der Waals surface area contributed by atoms with Crippen LogP contribution in [0.5, 0.6) is 5.75 Å². The molecule has 23 heavy (non-hydrogen) atoms. The Morgan fingerprint density at radius 3 is 2.30 bits per heavy atom. The smallest absolute Gasteiger partial charge is 0.303 e. The number of rotatable bonds is 6. The Hall–Kier alpha value is -1.80. The van der Waals surface area contributed by atoms with Gasteiger partial charge in [0.1, 0.15) is 0 Å². The number of carbonyl (C=O) groups excluding carboxylic acids is 1. The van der Waals surface area contributed by atoms with Crippen LogP contribution >= 0.6 is 0 Å². The van der Waals surface area contributed by atoms with Gasteiger partial charge in [-0.25, -0.2) is 0 Å². The molecule has 0 spiro atoms. The second-order valence-corrected chi connectivity index (χ2v) is 7.83. The Morgan fingerprint density at radius 2 is 1.87 bits per heavy atom. The van der Waals surface area contributed by atoms with Gasteiger partial charge in [0.05, 0.1) is 0 Å². The molecule has 0 aliphatic carbocycles. The zero-order valence-electron chi connectivity index (χ0n) is 12.6. The van der Waals surface area contributed by atoms with Crippen LogP contribution in [0.15, 0.2) is 18.2 Å². The molecule has 0 aliphatic heterocycles. The summed E-state index contributed by atoms with van der Waals surface area (Å²) < 4.78 is 28.8. The van der Waals surface area contributed by atoms with Crippen molar-refractivity contribution in [1.82, 2.24) is 0 Å². The SMILES string of the molecule is CC(=O)Nc1c(O)cccc1[As](=O)(O)O.NCCCCC(=O)O. The van der Waals surface area contributed by atoms with Crippen LogP contribution in [0.25, 0.3) is 0 Å². The van der Waals surface area contributed by atoms with Gasteiger partial charge in [0, 0.05) is 6.42 Å². The molecule has 130 valence electrons. The number of aliphatic carboxylic acids is 1. The van der Waals surface area contributed by atoms with Crippen molar-refractivity contribution in [3.05, 3.63) is 18.2 Å². The monoisotopic (exact) mass is 392 g/mol. The zero-order chi connectivity index (χ0) is 18.0. The number of unbranched alkanes of at least 4 members (excludes halogenated alkanes) is 1. The van der Waals surface area contributed by atoms with Crippen molar-refractivity contribution in [3.8, 4) is 5.75 Å². The molecule has 1 amide bonds. The van der Waals surface area contributed by atoms with Gasteiger partial charge in [-0.2, -0.15) is 0 Å². The Balaban J connectivity index is 0.000000515. The number of para-hydroxylation sites is 1. The fourth-order valence-electron chi connectivity index (χ4n) is 1.50. The molecule has 0 radical (unpaired) electrons. The van der Waals surface area contributed by atoms with Crippen LogP contribution < -0.4 is 15.4 Å². The van der Waals surface area contributed by atoms with Crippen molar-refractivity contribution in [2.24, 2.45) is 5.73 Å². The molecule has 10 heteroatoms. The number of phenols is 1. The van der Waals surface area contributed by atoms with Crippen LogP contribution in [0.4, 0.5) is 5.69 Å². The van der Waals surface area contributed by atoms with Crippen molar-refractivity contribution in [2.75, 3.05) is 11.9 Å². The Bertz CT molecular complexity index is 586. The van der Waals surface area contributed by atoms with E-state index >= 15 is 0 Å². The van der Waals surface area contributed by atoms with E-state index < -0.39 is 26.0 Å². The summed E-state index contributed by atoms with van der Waals surface area (Å²) in [5.74, 6) is -1.62. The van der Waals surface area contributed by atoms with Crippen LogP contribution in [-0.4, -0.2) is 51.0 Å². The fraction of sp³-hybridized carbons (Fsp3) is 0.385. The number of hydrogen-bond donors (Lipinski definition) is 6. The summed E-state index contributed by atoms with van der Waals surface area (Å²) in [6.07, 6.45) is 1.76. The average molecular weight is 392 g/mol. The van der Waals surface area contributed by atoms with E-state index in [4.69, 9.17) is 19.0 Å². The Morgan fingerprint density at radius 1 is 1.26 bits per heavy atom. The summed E-state index contributed by atoms with van der Waals surface area (Å²) in [5.41, 5.74) is 4.90. The third kappa shape index (κ3) is 9.04. The topological polar surface area (TPSA) is 170 Å². The van der Waals surface area contributed by atoms with E-state index in [0.717, 1.165) is 6.42 Å². The molecule has 0 aliphatic rings. The van der Waals surface area contributed by atoms with Crippen molar-refractivity contribution >= 4 is 36.1 Å². The maximum absolute atomic E-state index is 11.1. The first kappa shape index (κ1) is 21.2. The van der Waals surface area contributed by atoms with Crippen molar-refractivity contribution in [2.45, 2.75) is 26.2 Å². The number of benzene rings is 1. The van der Waals surface area contributed by atoms with E-state index in [-0.39, 0.29) is 22.2 Å². The van der Waals surface area contributed by atoms with Crippen LogP contribution in [0.2, 0.25) is 0 Å². The molecule has 0 saturated carbocycles. The molecule has 0 aromatic heterocycles. The predicted octanol–water partition coefficient (Wildman–Crippen LogP) is -0.888. The molecular weight excluding hydrogens is 371 g/mol. The number of carboxylic acids is 1. The standard InChI is InChI=1S/C8H10AsNO5.C5H11NO2/c1-5(11)10-8-6(9(13,14)15)3-2-4-7(8)12;6-4-2-1-3-5(7)8/h2-4,12H,1H3,(H,10,11)(H2,13,14,15);1-4,6H2,(H,7,8). The van der Waals surface area contributed by atoms with E-state index in [0.29, 0.717) is 13.0 Å². The summed E-state index contributed by atoms with van der Waals surface area (Å²) >= 11 is -5.14. The molecule has 1 aromatic rings. The van der Waals surface area contributed by atoms with E-state index in [1.54, 1.807) is 0 Å². The van der Waals surface area contributed by atoms with Gasteiger partial charge in [0.2, 0.25) is 0 Å². The minimum Gasteiger partial charge on any atom is -0.481 e. The number of amides is 1. The largest absolute Gasteiger partial charge is 0.481 e. The fourth-order valence-corrected chi connectivity index (χ4v) is 3.05. The van der Waals surface area contributed by atoms with Crippen molar-refractivity contribution < 1.29 is 31.7 Å². The van der Waals surface area contributed by atoms with Gasteiger partial charge in [-0.1, -0.05) is 0 Å². The number of phenolic OH excluding ortho intramolecular Hbond substituents is 1. The van der Waals surface area contributed by atoms with E-state index in [1.165, 1.54) is 25.1 Å². The Kier molecular flexibility index (Phi) is 9.28. The average Bonchev–Trinajstić information content (AvgIpc) is 2.40. The number of carbonyl (C=O) groups is 2. The van der Waals surface area contributed by atoms with Crippen LogP contribution in [0.3, 0.4) is 0 Å². The molecule has 0 unspecified atom stereocenters. The first-order chi connectivity index (χ1) is 10.6. The van der Waals surface area contributed by atoms with E-state index in [1.807, 2.05) is 0 Å². The van der Waals surface area contributed by atoms with Crippen LogP contribution in [-0.2, 0) is 13.3 Å². The van der Waals surface area contributed by atoms with Gasteiger partial charge < -0.3 is 10.8 Å². The molecule has 1 aromatic carbocycles. The van der Waals surface area contributed by atoms with Crippen molar-refractivity contribution in [1.29, 1.82) is 0 Å². The van der Waals surface area contributed by atoms with E-state index in [2.05, 4.69) is 5.32 Å². The number of nitrogens with two attached hydrogens (primary N) is 1. The maximum atomic E-state index is 11.1. The maximum Gasteiger partial charge on any atom is 0.303 e. The summed E-state index contributed by atoms with van der Waals surface area (Å²) in [4.78, 5) is 20.6. The zero-order valence-corrected chi connectivity index (χ0v) is 14.5. The van der Waals surface area contributed by atoms with Gasteiger partial charge in [-0.3, -0.25) is 4.79 Å². The van der Waals surface area contributed by atoms with Gasteiger partial charge in [-0.15, -0.1) is 0 Å². The molecule has 0 fully saturated rings. The molecule has 0 bridgehead atoms. The third-order valence-electron chi connectivity index (χ3n) is 2.48.